The normalized spacial score (nSPS) is 12.4. The minimum absolute atomic E-state index is 0.332. The number of pyridine rings is 2. The van der Waals surface area contributed by atoms with Gasteiger partial charge in [0.25, 0.3) is 0 Å². The third-order valence-electron chi connectivity index (χ3n) is 2.37. The molecule has 1 atom stereocenters. The summed E-state index contributed by atoms with van der Waals surface area (Å²) in [7, 11) is 0. The van der Waals surface area contributed by atoms with E-state index in [0.717, 1.165) is 11.3 Å². The number of aromatic nitrogens is 2. The number of rotatable bonds is 2. The predicted octanol–water partition coefficient (Wildman–Crippen LogP) is 2.49. The van der Waals surface area contributed by atoms with Gasteiger partial charge in [-0.1, -0.05) is 17.7 Å². The van der Waals surface area contributed by atoms with Crippen LogP contribution in [0.1, 0.15) is 23.0 Å². The first-order chi connectivity index (χ1) is 7.68. The Labute approximate surface area is 99.3 Å². The van der Waals surface area contributed by atoms with E-state index in [1.807, 2.05) is 19.1 Å². The van der Waals surface area contributed by atoms with Crippen LogP contribution in [0, 0.1) is 6.92 Å². The van der Waals surface area contributed by atoms with Gasteiger partial charge in [-0.05, 0) is 30.7 Å². The Balaban J connectivity index is 2.35. The van der Waals surface area contributed by atoms with Crippen LogP contribution < -0.4 is 5.73 Å². The summed E-state index contributed by atoms with van der Waals surface area (Å²) in [6, 6.07) is 7.10. The van der Waals surface area contributed by atoms with E-state index in [1.54, 1.807) is 24.5 Å². The second kappa shape index (κ2) is 4.60. The van der Waals surface area contributed by atoms with E-state index in [2.05, 4.69) is 9.97 Å². The second-order valence-electron chi connectivity index (χ2n) is 3.58. The molecule has 2 N–H and O–H groups in total. The second-order valence-corrected chi connectivity index (χ2v) is 3.99. The van der Waals surface area contributed by atoms with Crippen molar-refractivity contribution in [2.75, 3.05) is 0 Å². The summed E-state index contributed by atoms with van der Waals surface area (Å²) in [5, 5.41) is 0.579. The SMILES string of the molecule is Cc1ccc(C(N)c2ncccc2Cl)cn1. The van der Waals surface area contributed by atoms with Crippen molar-refractivity contribution in [3.05, 3.63) is 58.6 Å². The van der Waals surface area contributed by atoms with Gasteiger partial charge in [0, 0.05) is 18.1 Å². The first-order valence-corrected chi connectivity index (χ1v) is 5.35. The van der Waals surface area contributed by atoms with Gasteiger partial charge in [0.2, 0.25) is 0 Å². The molecule has 0 radical (unpaired) electrons. The number of halogens is 1. The van der Waals surface area contributed by atoms with Crippen LogP contribution in [0.2, 0.25) is 5.02 Å². The molecule has 1 unspecified atom stereocenters. The maximum atomic E-state index is 6.08. The van der Waals surface area contributed by atoms with Crippen molar-refractivity contribution >= 4 is 11.6 Å². The van der Waals surface area contributed by atoms with Crippen LogP contribution in [-0.2, 0) is 0 Å². The lowest BCUT2D eigenvalue weighted by Crippen LogP contribution is -2.14. The lowest BCUT2D eigenvalue weighted by atomic mass is 10.1. The van der Waals surface area contributed by atoms with Gasteiger partial charge in [-0.3, -0.25) is 9.97 Å². The molecule has 0 aliphatic carbocycles. The maximum absolute atomic E-state index is 6.08. The Hall–Kier alpha value is -1.45. The smallest absolute Gasteiger partial charge is 0.0802 e. The molecule has 0 aliphatic rings. The molecule has 0 spiro atoms. The first kappa shape index (κ1) is 11.0. The molecule has 16 heavy (non-hydrogen) atoms. The largest absolute Gasteiger partial charge is 0.319 e. The molecule has 2 rings (SSSR count). The fourth-order valence-electron chi connectivity index (χ4n) is 1.45. The minimum Gasteiger partial charge on any atom is -0.319 e. The van der Waals surface area contributed by atoms with Crippen LogP contribution in [0.25, 0.3) is 0 Å². The zero-order valence-corrected chi connectivity index (χ0v) is 9.65. The highest BCUT2D eigenvalue weighted by atomic mass is 35.5. The molecule has 0 saturated heterocycles. The molecule has 3 nitrogen and oxygen atoms in total. The van der Waals surface area contributed by atoms with Crippen molar-refractivity contribution in [3.63, 3.8) is 0 Å². The zero-order valence-electron chi connectivity index (χ0n) is 8.89. The lowest BCUT2D eigenvalue weighted by Gasteiger charge is -2.12. The van der Waals surface area contributed by atoms with Crippen LogP contribution in [0.3, 0.4) is 0 Å². The van der Waals surface area contributed by atoms with Crippen LogP contribution in [0.15, 0.2) is 36.7 Å². The van der Waals surface area contributed by atoms with Gasteiger partial charge < -0.3 is 5.73 Å². The van der Waals surface area contributed by atoms with E-state index in [1.165, 1.54) is 0 Å². The van der Waals surface area contributed by atoms with E-state index in [0.29, 0.717) is 10.7 Å². The molecule has 82 valence electrons. The molecular formula is C12H12ClN3. The zero-order chi connectivity index (χ0) is 11.5. The van der Waals surface area contributed by atoms with Crippen LogP contribution >= 0.6 is 11.6 Å². The molecular weight excluding hydrogens is 222 g/mol. The summed E-state index contributed by atoms with van der Waals surface area (Å²) in [6.07, 6.45) is 3.44. The van der Waals surface area contributed by atoms with E-state index in [9.17, 15) is 0 Å². The lowest BCUT2D eigenvalue weighted by molar-refractivity contribution is 0.821. The Morgan fingerprint density at radius 1 is 1.25 bits per heavy atom. The summed E-state index contributed by atoms with van der Waals surface area (Å²) in [6.45, 7) is 1.93. The van der Waals surface area contributed by atoms with Crippen molar-refractivity contribution in [2.24, 2.45) is 5.73 Å². The molecule has 0 amide bonds. The predicted molar refractivity (Wildman–Crippen MR) is 64.3 cm³/mol. The van der Waals surface area contributed by atoms with E-state index < -0.39 is 0 Å². The molecule has 0 saturated carbocycles. The fourth-order valence-corrected chi connectivity index (χ4v) is 1.69. The molecule has 0 fully saturated rings. The van der Waals surface area contributed by atoms with Crippen molar-refractivity contribution in [3.8, 4) is 0 Å². The Morgan fingerprint density at radius 2 is 2.06 bits per heavy atom. The average Bonchev–Trinajstić information content (AvgIpc) is 2.30. The van der Waals surface area contributed by atoms with Crippen LogP contribution in [-0.4, -0.2) is 9.97 Å². The first-order valence-electron chi connectivity index (χ1n) is 4.97. The highest BCUT2D eigenvalue weighted by molar-refractivity contribution is 6.31. The Bertz CT molecular complexity index is 482. The molecule has 0 aromatic carbocycles. The number of nitrogens with two attached hydrogens (primary N) is 1. The summed E-state index contributed by atoms with van der Waals surface area (Å²) < 4.78 is 0. The van der Waals surface area contributed by atoms with Crippen LogP contribution in [0.5, 0.6) is 0 Å². The van der Waals surface area contributed by atoms with Gasteiger partial charge in [0.15, 0.2) is 0 Å². The number of aryl methyl sites for hydroxylation is 1. The quantitative estimate of drug-likeness (QED) is 0.867. The third-order valence-corrected chi connectivity index (χ3v) is 2.69. The summed E-state index contributed by atoms with van der Waals surface area (Å²) in [4.78, 5) is 8.40. The maximum Gasteiger partial charge on any atom is 0.0802 e. The highest BCUT2D eigenvalue weighted by Crippen LogP contribution is 2.23. The van der Waals surface area contributed by atoms with Crippen LogP contribution in [0.4, 0.5) is 0 Å². The number of hydrogen-bond donors (Lipinski definition) is 1. The van der Waals surface area contributed by atoms with Gasteiger partial charge in [-0.25, -0.2) is 0 Å². The van der Waals surface area contributed by atoms with Crippen molar-refractivity contribution in [1.29, 1.82) is 0 Å². The molecule has 2 aromatic rings. The molecule has 0 bridgehead atoms. The molecule has 2 aromatic heterocycles. The Morgan fingerprint density at radius 3 is 2.69 bits per heavy atom. The molecule has 4 heteroatoms. The van der Waals surface area contributed by atoms with E-state index in [-0.39, 0.29) is 6.04 Å². The van der Waals surface area contributed by atoms with E-state index in [4.69, 9.17) is 17.3 Å². The summed E-state index contributed by atoms with van der Waals surface area (Å²) >= 11 is 6.04. The van der Waals surface area contributed by atoms with Gasteiger partial charge in [-0.2, -0.15) is 0 Å². The summed E-state index contributed by atoms with van der Waals surface area (Å²) in [5.74, 6) is 0. The van der Waals surface area contributed by atoms with E-state index >= 15 is 0 Å². The number of hydrogen-bond acceptors (Lipinski definition) is 3. The fraction of sp³-hybridized carbons (Fsp3) is 0.167. The molecule has 2 heterocycles. The van der Waals surface area contributed by atoms with Crippen molar-refractivity contribution in [2.45, 2.75) is 13.0 Å². The van der Waals surface area contributed by atoms with Gasteiger partial charge in [0.1, 0.15) is 0 Å². The third kappa shape index (κ3) is 2.21. The van der Waals surface area contributed by atoms with Gasteiger partial charge in [-0.15, -0.1) is 0 Å². The van der Waals surface area contributed by atoms with Crippen molar-refractivity contribution in [1.82, 2.24) is 9.97 Å². The molecule has 0 aliphatic heterocycles. The highest BCUT2D eigenvalue weighted by Gasteiger charge is 2.13. The van der Waals surface area contributed by atoms with Crippen molar-refractivity contribution < 1.29 is 0 Å². The van der Waals surface area contributed by atoms with Gasteiger partial charge in [0.05, 0.1) is 16.8 Å². The minimum atomic E-state index is -0.332. The average molecular weight is 234 g/mol. The standard InChI is InChI=1S/C12H12ClN3/c1-8-4-5-9(7-16-8)11(14)12-10(13)3-2-6-15-12/h2-7,11H,14H2,1H3. The summed E-state index contributed by atoms with van der Waals surface area (Å²) in [5.41, 5.74) is 8.63. The Kier molecular flexibility index (Phi) is 3.17. The topological polar surface area (TPSA) is 51.8 Å². The monoisotopic (exact) mass is 233 g/mol. The number of nitrogens with zero attached hydrogens (tertiary/aromatic N) is 2. The van der Waals surface area contributed by atoms with Gasteiger partial charge >= 0.3 is 0 Å².